The van der Waals surface area contributed by atoms with E-state index in [9.17, 15) is 4.79 Å². The van der Waals surface area contributed by atoms with Crippen LogP contribution in [-0.2, 0) is 6.54 Å². The molecule has 7 nitrogen and oxygen atoms in total. The monoisotopic (exact) mass is 428 g/mol. The van der Waals surface area contributed by atoms with E-state index in [-0.39, 0.29) is 11.9 Å². The summed E-state index contributed by atoms with van der Waals surface area (Å²) in [6.45, 7) is 8.85. The Bertz CT molecular complexity index is 1300. The quantitative estimate of drug-likeness (QED) is 0.486. The van der Waals surface area contributed by atoms with Crippen LogP contribution in [0, 0.1) is 13.8 Å². The lowest BCUT2D eigenvalue weighted by Gasteiger charge is -2.15. The van der Waals surface area contributed by atoms with Gasteiger partial charge in [-0.25, -0.2) is 9.67 Å². The molecule has 1 saturated carbocycles. The van der Waals surface area contributed by atoms with Gasteiger partial charge in [0.25, 0.3) is 5.91 Å². The van der Waals surface area contributed by atoms with Crippen LogP contribution in [0.1, 0.15) is 71.7 Å². The molecule has 4 aromatic rings. The number of pyridine rings is 1. The van der Waals surface area contributed by atoms with Crippen LogP contribution >= 0.6 is 0 Å². The van der Waals surface area contributed by atoms with Gasteiger partial charge in [-0.1, -0.05) is 18.2 Å². The van der Waals surface area contributed by atoms with Crippen molar-refractivity contribution in [2.24, 2.45) is 0 Å². The van der Waals surface area contributed by atoms with Crippen LogP contribution in [0.4, 0.5) is 0 Å². The summed E-state index contributed by atoms with van der Waals surface area (Å²) in [6, 6.07) is 11.8. The van der Waals surface area contributed by atoms with Crippen LogP contribution < -0.4 is 5.32 Å². The predicted octanol–water partition coefficient (Wildman–Crippen LogP) is 4.62. The van der Waals surface area contributed by atoms with E-state index in [4.69, 9.17) is 10.1 Å². The molecule has 0 radical (unpaired) electrons. The molecule has 164 valence electrons. The molecule has 0 unspecified atom stereocenters. The lowest BCUT2D eigenvalue weighted by atomic mass is 10.1. The lowest BCUT2D eigenvalue weighted by Crippen LogP contribution is -2.27. The third kappa shape index (κ3) is 3.47. The molecule has 1 fully saturated rings. The molecule has 1 amide bonds. The normalized spacial score (nSPS) is 14.6. The smallest absolute Gasteiger partial charge is 0.252 e. The van der Waals surface area contributed by atoms with Gasteiger partial charge in [-0.15, -0.1) is 0 Å². The number of nitrogens with one attached hydrogen (secondary N) is 1. The van der Waals surface area contributed by atoms with E-state index in [1.807, 2.05) is 72.7 Å². The molecular weight excluding hydrogens is 400 g/mol. The van der Waals surface area contributed by atoms with Crippen LogP contribution in [0.2, 0.25) is 0 Å². The highest BCUT2D eigenvalue weighted by Gasteiger charge is 2.29. The van der Waals surface area contributed by atoms with Crippen LogP contribution in [0.25, 0.3) is 16.7 Å². The minimum atomic E-state index is -0.153. The summed E-state index contributed by atoms with van der Waals surface area (Å²) < 4.78 is 3.80. The average Bonchev–Trinajstić information content (AvgIpc) is 3.51. The van der Waals surface area contributed by atoms with Gasteiger partial charge in [0, 0.05) is 29.4 Å². The summed E-state index contributed by atoms with van der Waals surface area (Å²) in [7, 11) is 0. The van der Waals surface area contributed by atoms with Crippen molar-refractivity contribution in [3.8, 4) is 5.69 Å². The molecule has 5 rings (SSSR count). The Balaban J connectivity index is 1.57. The maximum absolute atomic E-state index is 13.5. The van der Waals surface area contributed by atoms with Crippen molar-refractivity contribution >= 4 is 16.9 Å². The molecule has 1 N–H and O–H groups in total. The fourth-order valence-corrected chi connectivity index (χ4v) is 4.38. The molecule has 0 bridgehead atoms. The molecule has 0 aliphatic heterocycles. The van der Waals surface area contributed by atoms with Crippen molar-refractivity contribution in [2.45, 2.75) is 59.0 Å². The topological polar surface area (TPSA) is 77.6 Å². The van der Waals surface area contributed by atoms with Gasteiger partial charge in [-0.05, 0) is 58.7 Å². The van der Waals surface area contributed by atoms with Crippen LogP contribution in [0.15, 0.2) is 42.6 Å². The number of fused-ring (bicyclic) bond motifs is 1. The number of carbonyl (C=O) groups is 1. The van der Waals surface area contributed by atoms with Crippen molar-refractivity contribution in [3.05, 3.63) is 70.8 Å². The predicted molar refractivity (Wildman–Crippen MR) is 124 cm³/mol. The SMILES string of the molecule is CCn1ncc([C@H](C)NC(=O)c2cc(C3CC3)nc3c2c(C)nn3-c2ccccc2)c1C. The number of rotatable bonds is 6. The summed E-state index contributed by atoms with van der Waals surface area (Å²) >= 11 is 0. The van der Waals surface area contributed by atoms with Gasteiger partial charge in [-0.3, -0.25) is 9.48 Å². The Morgan fingerprint density at radius 1 is 1.22 bits per heavy atom. The zero-order valence-electron chi connectivity index (χ0n) is 19.0. The van der Waals surface area contributed by atoms with Gasteiger partial charge in [0.2, 0.25) is 0 Å². The van der Waals surface area contributed by atoms with Crippen molar-refractivity contribution in [1.82, 2.24) is 29.9 Å². The Morgan fingerprint density at radius 2 is 1.97 bits per heavy atom. The Labute approximate surface area is 187 Å². The molecule has 1 aliphatic rings. The highest BCUT2D eigenvalue weighted by atomic mass is 16.1. The van der Waals surface area contributed by atoms with E-state index in [0.29, 0.717) is 11.5 Å². The summed E-state index contributed by atoms with van der Waals surface area (Å²) in [6.07, 6.45) is 4.08. The van der Waals surface area contributed by atoms with E-state index < -0.39 is 0 Å². The van der Waals surface area contributed by atoms with Gasteiger partial charge in [0.15, 0.2) is 5.65 Å². The number of benzene rings is 1. The molecule has 3 aromatic heterocycles. The highest BCUT2D eigenvalue weighted by molar-refractivity contribution is 6.07. The van der Waals surface area contributed by atoms with Crippen LogP contribution in [0.5, 0.6) is 0 Å². The van der Waals surface area contributed by atoms with Crippen molar-refractivity contribution in [2.75, 3.05) is 0 Å². The van der Waals surface area contributed by atoms with E-state index >= 15 is 0 Å². The number of aryl methyl sites for hydroxylation is 2. The number of aromatic nitrogens is 5. The fourth-order valence-electron chi connectivity index (χ4n) is 4.38. The number of nitrogens with zero attached hydrogens (tertiary/aromatic N) is 5. The third-order valence-electron chi connectivity index (χ3n) is 6.33. The van der Waals surface area contributed by atoms with Crippen LogP contribution in [0.3, 0.4) is 0 Å². The van der Waals surface area contributed by atoms with Crippen LogP contribution in [-0.4, -0.2) is 30.5 Å². The Hall–Kier alpha value is -3.48. The zero-order valence-corrected chi connectivity index (χ0v) is 19.0. The summed E-state index contributed by atoms with van der Waals surface area (Å²) in [4.78, 5) is 18.5. The lowest BCUT2D eigenvalue weighted by molar-refractivity contribution is 0.0941. The first kappa shape index (κ1) is 20.4. The van der Waals surface area contributed by atoms with Gasteiger partial charge in [0.05, 0.1) is 34.6 Å². The molecule has 0 saturated heterocycles. The largest absolute Gasteiger partial charge is 0.345 e. The van der Waals surface area contributed by atoms with Gasteiger partial charge in [0.1, 0.15) is 0 Å². The minimum Gasteiger partial charge on any atom is -0.345 e. The van der Waals surface area contributed by atoms with Gasteiger partial charge < -0.3 is 5.32 Å². The molecular formula is C25H28N6O. The minimum absolute atomic E-state index is 0.105. The third-order valence-corrected chi connectivity index (χ3v) is 6.33. The second kappa shape index (κ2) is 7.89. The molecule has 1 aromatic carbocycles. The number of hydrogen-bond donors (Lipinski definition) is 1. The average molecular weight is 429 g/mol. The molecule has 1 aliphatic carbocycles. The van der Waals surface area contributed by atoms with Crippen molar-refractivity contribution < 1.29 is 4.79 Å². The molecule has 7 heteroatoms. The molecule has 3 heterocycles. The van der Waals surface area contributed by atoms with E-state index in [0.717, 1.165) is 58.8 Å². The second-order valence-corrected chi connectivity index (χ2v) is 8.60. The summed E-state index contributed by atoms with van der Waals surface area (Å²) in [5, 5.41) is 13.2. The maximum atomic E-state index is 13.5. The Kier molecular flexibility index (Phi) is 5.04. The number of hydrogen-bond acceptors (Lipinski definition) is 4. The van der Waals surface area contributed by atoms with Crippen molar-refractivity contribution in [1.29, 1.82) is 0 Å². The highest BCUT2D eigenvalue weighted by Crippen LogP contribution is 2.40. The number of para-hydroxylation sites is 1. The number of carbonyl (C=O) groups excluding carboxylic acids is 1. The standard InChI is InChI=1S/C25H28N6O/c1-5-30-17(4)21(14-26-30)15(2)27-25(32)20-13-22(18-11-12-18)28-24-23(20)16(3)29-31(24)19-9-7-6-8-10-19/h6-10,13-15,18H,5,11-12H2,1-4H3,(H,27,32)/t15-/m0/s1. The number of amides is 1. The summed E-state index contributed by atoms with van der Waals surface area (Å²) in [5.74, 6) is 0.319. The Morgan fingerprint density at radius 3 is 2.62 bits per heavy atom. The first-order chi connectivity index (χ1) is 15.5. The van der Waals surface area contributed by atoms with Gasteiger partial charge in [-0.2, -0.15) is 10.2 Å². The second-order valence-electron chi connectivity index (χ2n) is 8.60. The first-order valence-electron chi connectivity index (χ1n) is 11.3. The first-order valence-corrected chi connectivity index (χ1v) is 11.3. The van der Waals surface area contributed by atoms with E-state index in [2.05, 4.69) is 17.3 Å². The zero-order chi connectivity index (χ0) is 22.4. The summed E-state index contributed by atoms with van der Waals surface area (Å²) in [5.41, 5.74) is 6.20. The fraction of sp³-hybridized carbons (Fsp3) is 0.360. The molecule has 32 heavy (non-hydrogen) atoms. The van der Waals surface area contributed by atoms with Crippen molar-refractivity contribution in [3.63, 3.8) is 0 Å². The maximum Gasteiger partial charge on any atom is 0.252 e. The molecule has 0 spiro atoms. The molecule has 1 atom stereocenters. The van der Waals surface area contributed by atoms with E-state index in [1.165, 1.54) is 0 Å². The van der Waals surface area contributed by atoms with Gasteiger partial charge >= 0.3 is 0 Å². The van der Waals surface area contributed by atoms with E-state index in [1.54, 1.807) is 0 Å².